The minimum Gasteiger partial charge on any atom is -0.493 e. The van der Waals surface area contributed by atoms with Gasteiger partial charge in [-0.05, 0) is 48.4 Å². The Morgan fingerprint density at radius 3 is 2.39 bits per heavy atom. The quantitative estimate of drug-likeness (QED) is 0.608. The topological polar surface area (TPSA) is 72.5 Å². The second-order valence-corrected chi connectivity index (χ2v) is 6.16. The van der Waals surface area contributed by atoms with Gasteiger partial charge < -0.3 is 20.1 Å². The lowest BCUT2D eigenvalue weighted by molar-refractivity contribution is -0.116. The van der Waals surface area contributed by atoms with Crippen LogP contribution in [0, 0.1) is 0 Å². The molecule has 28 heavy (non-hydrogen) atoms. The van der Waals surface area contributed by atoms with Crippen LogP contribution in [0.3, 0.4) is 0 Å². The Labute approximate surface area is 164 Å². The monoisotopic (exact) mass is 377 g/mol. The standard InChI is InChI=1S/C22H23N3O3/c1-27-19-11-8-16(14-20(19)28-2)9-13-22(26)25-18-10-12-21(23-15-18)24-17-6-4-3-5-7-17/h3-8,10-12,14-15H,9,13H2,1-2H3,(H,23,24)(H,25,26). The lowest BCUT2D eigenvalue weighted by Gasteiger charge is -2.10. The molecular weight excluding hydrogens is 354 g/mol. The predicted octanol–water partition coefficient (Wildman–Crippen LogP) is 4.41. The Balaban J connectivity index is 1.52. The number of methoxy groups -OCH3 is 2. The summed E-state index contributed by atoms with van der Waals surface area (Å²) in [6, 6.07) is 19.1. The van der Waals surface area contributed by atoms with Crippen LogP contribution in [0.2, 0.25) is 0 Å². The van der Waals surface area contributed by atoms with E-state index in [0.29, 0.717) is 30.0 Å². The summed E-state index contributed by atoms with van der Waals surface area (Å²) in [6.45, 7) is 0. The number of rotatable bonds is 8. The van der Waals surface area contributed by atoms with E-state index in [0.717, 1.165) is 17.1 Å². The lowest BCUT2D eigenvalue weighted by Crippen LogP contribution is -2.12. The number of hydrogen-bond acceptors (Lipinski definition) is 5. The first-order valence-corrected chi connectivity index (χ1v) is 8.97. The maximum absolute atomic E-state index is 12.2. The molecule has 144 valence electrons. The van der Waals surface area contributed by atoms with Crippen LogP contribution in [0.1, 0.15) is 12.0 Å². The minimum atomic E-state index is -0.0691. The van der Waals surface area contributed by atoms with Gasteiger partial charge >= 0.3 is 0 Å². The van der Waals surface area contributed by atoms with Crippen molar-refractivity contribution < 1.29 is 14.3 Å². The van der Waals surface area contributed by atoms with Crippen LogP contribution in [0.4, 0.5) is 17.2 Å². The summed E-state index contributed by atoms with van der Waals surface area (Å²) in [6.07, 6.45) is 2.60. The van der Waals surface area contributed by atoms with Crippen molar-refractivity contribution in [3.8, 4) is 11.5 Å². The number of aryl methyl sites for hydroxylation is 1. The van der Waals surface area contributed by atoms with E-state index in [1.165, 1.54) is 0 Å². The third kappa shape index (κ3) is 5.23. The Kier molecular flexibility index (Phi) is 6.46. The summed E-state index contributed by atoms with van der Waals surface area (Å²) >= 11 is 0. The summed E-state index contributed by atoms with van der Waals surface area (Å²) in [7, 11) is 3.19. The van der Waals surface area contributed by atoms with Crippen LogP contribution >= 0.6 is 0 Å². The molecule has 0 aliphatic heterocycles. The normalized spacial score (nSPS) is 10.2. The molecule has 1 amide bonds. The van der Waals surface area contributed by atoms with Gasteiger partial charge in [0.1, 0.15) is 5.82 Å². The summed E-state index contributed by atoms with van der Waals surface area (Å²) in [5, 5.41) is 6.07. The van der Waals surface area contributed by atoms with E-state index >= 15 is 0 Å². The smallest absolute Gasteiger partial charge is 0.224 e. The van der Waals surface area contributed by atoms with Gasteiger partial charge in [0, 0.05) is 12.1 Å². The molecule has 2 N–H and O–H groups in total. The summed E-state index contributed by atoms with van der Waals surface area (Å²) < 4.78 is 10.5. The number of aromatic nitrogens is 1. The Morgan fingerprint density at radius 2 is 1.71 bits per heavy atom. The average molecular weight is 377 g/mol. The second-order valence-electron chi connectivity index (χ2n) is 6.16. The van der Waals surface area contributed by atoms with Crippen LogP contribution in [0.15, 0.2) is 66.9 Å². The first-order valence-electron chi connectivity index (χ1n) is 8.97. The van der Waals surface area contributed by atoms with E-state index in [1.807, 2.05) is 60.7 Å². The van der Waals surface area contributed by atoms with Crippen molar-refractivity contribution in [1.82, 2.24) is 4.98 Å². The number of hydrogen-bond donors (Lipinski definition) is 2. The van der Waals surface area contributed by atoms with Crippen molar-refractivity contribution in [3.63, 3.8) is 0 Å². The molecule has 3 rings (SSSR count). The molecule has 0 fully saturated rings. The number of pyridine rings is 1. The van der Waals surface area contributed by atoms with Gasteiger partial charge in [-0.3, -0.25) is 4.79 Å². The third-order valence-corrected chi connectivity index (χ3v) is 4.18. The van der Waals surface area contributed by atoms with Gasteiger partial charge in [-0.2, -0.15) is 0 Å². The molecule has 0 atom stereocenters. The highest BCUT2D eigenvalue weighted by Gasteiger charge is 2.08. The Morgan fingerprint density at radius 1 is 0.929 bits per heavy atom. The van der Waals surface area contributed by atoms with Gasteiger partial charge in [0.2, 0.25) is 5.91 Å². The summed E-state index contributed by atoms with van der Waals surface area (Å²) in [4.78, 5) is 16.6. The average Bonchev–Trinajstić information content (AvgIpc) is 2.74. The molecule has 6 heteroatoms. The van der Waals surface area contributed by atoms with Gasteiger partial charge in [-0.15, -0.1) is 0 Å². The predicted molar refractivity (Wildman–Crippen MR) is 110 cm³/mol. The molecule has 1 aromatic heterocycles. The van der Waals surface area contributed by atoms with Gasteiger partial charge in [-0.25, -0.2) is 4.98 Å². The van der Waals surface area contributed by atoms with E-state index < -0.39 is 0 Å². The maximum Gasteiger partial charge on any atom is 0.224 e. The highest BCUT2D eigenvalue weighted by Crippen LogP contribution is 2.28. The van der Waals surface area contributed by atoms with E-state index in [4.69, 9.17) is 9.47 Å². The number of anilines is 3. The molecular formula is C22H23N3O3. The van der Waals surface area contributed by atoms with Crippen LogP contribution in [-0.4, -0.2) is 25.1 Å². The number of carbonyl (C=O) groups excluding carboxylic acids is 1. The van der Waals surface area contributed by atoms with Crippen molar-refractivity contribution in [2.75, 3.05) is 24.9 Å². The molecule has 0 aliphatic rings. The molecule has 0 saturated heterocycles. The molecule has 6 nitrogen and oxygen atoms in total. The number of ether oxygens (including phenoxy) is 2. The third-order valence-electron chi connectivity index (χ3n) is 4.18. The SMILES string of the molecule is COc1ccc(CCC(=O)Nc2ccc(Nc3ccccc3)nc2)cc1OC. The highest BCUT2D eigenvalue weighted by atomic mass is 16.5. The summed E-state index contributed by atoms with van der Waals surface area (Å²) in [5.74, 6) is 1.98. The van der Waals surface area contributed by atoms with Crippen molar-refractivity contribution in [2.24, 2.45) is 0 Å². The fraction of sp³-hybridized carbons (Fsp3) is 0.182. The number of amides is 1. The molecule has 0 saturated carbocycles. The molecule has 0 unspecified atom stereocenters. The molecule has 3 aromatic rings. The zero-order valence-corrected chi connectivity index (χ0v) is 15.9. The molecule has 2 aromatic carbocycles. The number of carbonyl (C=O) groups is 1. The van der Waals surface area contributed by atoms with Crippen molar-refractivity contribution in [1.29, 1.82) is 0 Å². The Hall–Kier alpha value is -3.54. The fourth-order valence-corrected chi connectivity index (χ4v) is 2.73. The molecule has 0 spiro atoms. The molecule has 0 bridgehead atoms. The van der Waals surface area contributed by atoms with Crippen LogP contribution < -0.4 is 20.1 Å². The van der Waals surface area contributed by atoms with E-state index in [9.17, 15) is 4.79 Å². The first-order chi connectivity index (χ1) is 13.7. The van der Waals surface area contributed by atoms with Gasteiger partial charge in [0.25, 0.3) is 0 Å². The van der Waals surface area contributed by atoms with Crippen LogP contribution in [0.5, 0.6) is 11.5 Å². The van der Waals surface area contributed by atoms with Gasteiger partial charge in [0.05, 0.1) is 26.1 Å². The lowest BCUT2D eigenvalue weighted by atomic mass is 10.1. The van der Waals surface area contributed by atoms with E-state index in [-0.39, 0.29) is 5.91 Å². The molecule has 0 aliphatic carbocycles. The van der Waals surface area contributed by atoms with E-state index in [1.54, 1.807) is 20.4 Å². The summed E-state index contributed by atoms with van der Waals surface area (Å²) in [5.41, 5.74) is 2.63. The minimum absolute atomic E-state index is 0.0691. The Bertz CT molecular complexity index is 912. The number of para-hydroxylation sites is 1. The second kappa shape index (κ2) is 9.41. The molecule has 1 heterocycles. The van der Waals surface area contributed by atoms with Crippen molar-refractivity contribution in [3.05, 3.63) is 72.4 Å². The zero-order valence-electron chi connectivity index (χ0n) is 15.9. The van der Waals surface area contributed by atoms with Crippen molar-refractivity contribution in [2.45, 2.75) is 12.8 Å². The number of nitrogens with zero attached hydrogens (tertiary/aromatic N) is 1. The van der Waals surface area contributed by atoms with Gasteiger partial charge in [0.15, 0.2) is 11.5 Å². The van der Waals surface area contributed by atoms with Crippen molar-refractivity contribution >= 4 is 23.1 Å². The van der Waals surface area contributed by atoms with Crippen LogP contribution in [0.25, 0.3) is 0 Å². The van der Waals surface area contributed by atoms with Crippen LogP contribution in [-0.2, 0) is 11.2 Å². The molecule has 0 radical (unpaired) electrons. The van der Waals surface area contributed by atoms with Gasteiger partial charge in [-0.1, -0.05) is 24.3 Å². The highest BCUT2D eigenvalue weighted by molar-refractivity contribution is 5.90. The largest absolute Gasteiger partial charge is 0.493 e. The fourth-order valence-electron chi connectivity index (χ4n) is 2.73. The number of benzene rings is 2. The first kappa shape index (κ1) is 19.2. The maximum atomic E-state index is 12.2. The number of nitrogens with one attached hydrogen (secondary N) is 2. The van der Waals surface area contributed by atoms with E-state index in [2.05, 4.69) is 15.6 Å². The zero-order chi connectivity index (χ0) is 19.8.